The van der Waals surface area contributed by atoms with E-state index < -0.39 is 5.97 Å². The summed E-state index contributed by atoms with van der Waals surface area (Å²) in [6.45, 7) is 1.85. The quantitative estimate of drug-likeness (QED) is 0.717. The van der Waals surface area contributed by atoms with Crippen molar-refractivity contribution in [1.82, 2.24) is 15.2 Å². The molecule has 0 saturated heterocycles. The van der Waals surface area contributed by atoms with Gasteiger partial charge in [0.05, 0.1) is 0 Å². The minimum absolute atomic E-state index is 0.0469. The van der Waals surface area contributed by atoms with Crippen molar-refractivity contribution in [3.05, 3.63) is 41.4 Å². The number of rotatable bonds is 4. The topological polar surface area (TPSA) is 92.0 Å². The molecule has 0 fully saturated rings. The third-order valence-corrected chi connectivity index (χ3v) is 3.65. The number of benzene rings is 1. The number of furan rings is 1. The Morgan fingerprint density at radius 1 is 1.45 bits per heavy atom. The van der Waals surface area contributed by atoms with E-state index in [0.29, 0.717) is 16.5 Å². The highest BCUT2D eigenvalue weighted by molar-refractivity contribution is 7.98. The van der Waals surface area contributed by atoms with Crippen molar-refractivity contribution in [2.45, 2.75) is 17.8 Å². The summed E-state index contributed by atoms with van der Waals surface area (Å²) in [5.74, 6) is 0.382. The first kappa shape index (κ1) is 12.7. The Bertz CT molecular complexity index is 778. The smallest absolute Gasteiger partial charge is 0.371 e. The SMILES string of the molecule is Cc1nc(SCc2ccc3oc(C(=O)O)cc3c2)n[nH]1. The molecular formula is C13H11N3O3S. The largest absolute Gasteiger partial charge is 0.475 e. The van der Waals surface area contributed by atoms with Crippen LogP contribution in [0.1, 0.15) is 21.9 Å². The Morgan fingerprint density at radius 2 is 2.30 bits per heavy atom. The maximum absolute atomic E-state index is 10.9. The standard InChI is InChI=1S/C13H11N3O3S/c1-7-14-13(16-15-7)20-6-8-2-3-10-9(4-8)5-11(19-10)12(17)18/h2-5H,6H2,1H3,(H,17,18)(H,14,15,16). The molecular weight excluding hydrogens is 278 g/mol. The monoisotopic (exact) mass is 289 g/mol. The number of fused-ring (bicyclic) bond motifs is 1. The first-order chi connectivity index (χ1) is 9.61. The molecule has 0 saturated carbocycles. The normalized spacial score (nSPS) is 11.1. The summed E-state index contributed by atoms with van der Waals surface area (Å²) in [5.41, 5.74) is 1.63. The van der Waals surface area contributed by atoms with Crippen LogP contribution in [0.4, 0.5) is 0 Å². The molecule has 2 aromatic heterocycles. The van der Waals surface area contributed by atoms with Crippen LogP contribution in [0.3, 0.4) is 0 Å². The van der Waals surface area contributed by atoms with Crippen LogP contribution in [-0.4, -0.2) is 26.3 Å². The van der Waals surface area contributed by atoms with E-state index >= 15 is 0 Å². The number of carboxylic acid groups (broad SMARTS) is 1. The zero-order chi connectivity index (χ0) is 14.1. The molecule has 6 nitrogen and oxygen atoms in total. The molecule has 0 unspecified atom stereocenters. The van der Waals surface area contributed by atoms with Gasteiger partial charge in [0.15, 0.2) is 0 Å². The van der Waals surface area contributed by atoms with Gasteiger partial charge < -0.3 is 9.52 Å². The Hall–Kier alpha value is -2.28. The minimum Gasteiger partial charge on any atom is -0.475 e. The lowest BCUT2D eigenvalue weighted by molar-refractivity contribution is 0.0665. The van der Waals surface area contributed by atoms with E-state index in [4.69, 9.17) is 9.52 Å². The first-order valence-electron chi connectivity index (χ1n) is 5.89. The molecule has 7 heteroatoms. The lowest BCUT2D eigenvalue weighted by Crippen LogP contribution is -1.91. The molecule has 2 heterocycles. The number of aryl methyl sites for hydroxylation is 1. The van der Waals surface area contributed by atoms with Crippen LogP contribution in [0, 0.1) is 6.92 Å². The summed E-state index contributed by atoms with van der Waals surface area (Å²) in [6, 6.07) is 7.13. The summed E-state index contributed by atoms with van der Waals surface area (Å²) in [5, 5.41) is 17.2. The molecule has 20 heavy (non-hydrogen) atoms. The van der Waals surface area contributed by atoms with Gasteiger partial charge in [0.1, 0.15) is 11.4 Å². The summed E-state index contributed by atoms with van der Waals surface area (Å²) >= 11 is 1.52. The maximum atomic E-state index is 10.9. The number of nitrogens with zero attached hydrogens (tertiary/aromatic N) is 2. The Labute approximate surface area is 118 Å². The fourth-order valence-corrected chi connectivity index (χ4v) is 2.61. The third-order valence-electron chi connectivity index (χ3n) is 2.74. The number of thioether (sulfide) groups is 1. The van der Waals surface area contributed by atoms with Gasteiger partial charge in [-0.15, -0.1) is 5.10 Å². The summed E-state index contributed by atoms with van der Waals surface area (Å²) in [6.07, 6.45) is 0. The van der Waals surface area contributed by atoms with E-state index in [-0.39, 0.29) is 5.76 Å². The fourth-order valence-electron chi connectivity index (χ4n) is 1.82. The van der Waals surface area contributed by atoms with Crippen molar-refractivity contribution in [2.75, 3.05) is 0 Å². The van der Waals surface area contributed by atoms with Crippen LogP contribution in [-0.2, 0) is 5.75 Å². The molecule has 1 aromatic carbocycles. The molecule has 3 aromatic rings. The van der Waals surface area contributed by atoms with E-state index in [2.05, 4.69) is 15.2 Å². The lowest BCUT2D eigenvalue weighted by atomic mass is 10.2. The molecule has 0 aliphatic carbocycles. The van der Waals surface area contributed by atoms with E-state index in [1.165, 1.54) is 17.8 Å². The van der Waals surface area contributed by atoms with Crippen LogP contribution in [0.15, 0.2) is 33.8 Å². The van der Waals surface area contributed by atoms with Crippen molar-refractivity contribution < 1.29 is 14.3 Å². The minimum atomic E-state index is -1.06. The zero-order valence-electron chi connectivity index (χ0n) is 10.6. The maximum Gasteiger partial charge on any atom is 0.371 e. The van der Waals surface area contributed by atoms with Gasteiger partial charge in [-0.25, -0.2) is 9.78 Å². The van der Waals surface area contributed by atoms with Crippen LogP contribution < -0.4 is 0 Å². The Kier molecular flexibility index (Phi) is 3.19. The zero-order valence-corrected chi connectivity index (χ0v) is 11.4. The van der Waals surface area contributed by atoms with Crippen molar-refractivity contribution in [1.29, 1.82) is 0 Å². The molecule has 3 rings (SSSR count). The number of aromatic amines is 1. The lowest BCUT2D eigenvalue weighted by Gasteiger charge is -1.98. The van der Waals surface area contributed by atoms with Crippen molar-refractivity contribution in [3.63, 3.8) is 0 Å². The molecule has 102 valence electrons. The number of nitrogens with one attached hydrogen (secondary N) is 1. The van der Waals surface area contributed by atoms with Crippen molar-refractivity contribution in [2.24, 2.45) is 0 Å². The highest BCUT2D eigenvalue weighted by atomic mass is 32.2. The van der Waals surface area contributed by atoms with E-state index in [0.717, 1.165) is 16.8 Å². The predicted molar refractivity (Wildman–Crippen MR) is 73.9 cm³/mol. The predicted octanol–water partition coefficient (Wildman–Crippen LogP) is 2.85. The molecule has 0 aliphatic heterocycles. The summed E-state index contributed by atoms with van der Waals surface area (Å²) in [7, 11) is 0. The molecule has 2 N–H and O–H groups in total. The molecule has 0 spiro atoms. The summed E-state index contributed by atoms with van der Waals surface area (Å²) < 4.78 is 5.21. The highest BCUT2D eigenvalue weighted by Crippen LogP contribution is 2.24. The average molecular weight is 289 g/mol. The first-order valence-corrected chi connectivity index (χ1v) is 6.88. The highest BCUT2D eigenvalue weighted by Gasteiger charge is 2.11. The fraction of sp³-hybridized carbons (Fsp3) is 0.154. The van der Waals surface area contributed by atoms with Crippen LogP contribution >= 0.6 is 11.8 Å². The molecule has 0 amide bonds. The number of H-pyrrole nitrogens is 1. The molecule has 0 radical (unpaired) electrons. The van der Waals surface area contributed by atoms with Gasteiger partial charge >= 0.3 is 5.97 Å². The van der Waals surface area contributed by atoms with Gasteiger partial charge in [0, 0.05) is 11.1 Å². The van der Waals surface area contributed by atoms with Crippen molar-refractivity contribution >= 4 is 28.7 Å². The second-order valence-corrected chi connectivity index (χ2v) is 5.22. The average Bonchev–Trinajstić information content (AvgIpc) is 3.01. The Balaban J connectivity index is 1.80. The van der Waals surface area contributed by atoms with Gasteiger partial charge in [-0.3, -0.25) is 5.10 Å². The number of carbonyl (C=O) groups is 1. The van der Waals surface area contributed by atoms with Gasteiger partial charge in [0.2, 0.25) is 10.9 Å². The number of hydrogen-bond acceptors (Lipinski definition) is 5. The summed E-state index contributed by atoms with van der Waals surface area (Å²) in [4.78, 5) is 15.1. The van der Waals surface area contributed by atoms with Crippen molar-refractivity contribution in [3.8, 4) is 0 Å². The van der Waals surface area contributed by atoms with Gasteiger partial charge in [-0.2, -0.15) is 0 Å². The van der Waals surface area contributed by atoms with E-state index in [9.17, 15) is 4.79 Å². The molecule has 0 bridgehead atoms. The molecule has 0 atom stereocenters. The molecule has 0 aliphatic rings. The number of carboxylic acids is 1. The van der Waals surface area contributed by atoms with Crippen LogP contribution in [0.25, 0.3) is 11.0 Å². The van der Waals surface area contributed by atoms with Gasteiger partial charge in [0.25, 0.3) is 0 Å². The third kappa shape index (κ3) is 2.53. The van der Waals surface area contributed by atoms with Gasteiger partial charge in [-0.05, 0) is 30.7 Å². The second kappa shape index (κ2) is 5.01. The van der Waals surface area contributed by atoms with Gasteiger partial charge in [-0.1, -0.05) is 17.8 Å². The number of aromatic nitrogens is 3. The number of aromatic carboxylic acids is 1. The van der Waals surface area contributed by atoms with E-state index in [1.54, 1.807) is 6.07 Å². The van der Waals surface area contributed by atoms with E-state index in [1.807, 2.05) is 19.1 Å². The second-order valence-electron chi connectivity index (χ2n) is 4.28. The van der Waals surface area contributed by atoms with Crippen LogP contribution in [0.2, 0.25) is 0 Å². The van der Waals surface area contributed by atoms with Crippen LogP contribution in [0.5, 0.6) is 0 Å². The Morgan fingerprint density at radius 3 is 3.00 bits per heavy atom. The number of hydrogen-bond donors (Lipinski definition) is 2.